The predicted octanol–water partition coefficient (Wildman–Crippen LogP) is 6.51. The van der Waals surface area contributed by atoms with Gasteiger partial charge >= 0.3 is 0 Å². The number of ether oxygens (including phenoxy) is 2. The average molecular weight is 489 g/mol. The molecule has 0 spiro atoms. The van der Waals surface area contributed by atoms with Gasteiger partial charge in [-0.3, -0.25) is 4.79 Å². The molecule has 1 unspecified atom stereocenters. The van der Waals surface area contributed by atoms with Crippen LogP contribution in [0.1, 0.15) is 56.2 Å². The summed E-state index contributed by atoms with van der Waals surface area (Å²) in [7, 11) is 5.77. The first-order chi connectivity index (χ1) is 17.3. The molecule has 36 heavy (non-hydrogen) atoms. The number of methoxy groups -OCH3 is 1. The van der Waals surface area contributed by atoms with E-state index in [0.29, 0.717) is 19.5 Å². The average Bonchev–Trinajstić information content (AvgIpc) is 2.88. The van der Waals surface area contributed by atoms with E-state index in [4.69, 9.17) is 9.47 Å². The quantitative estimate of drug-likeness (QED) is 0.291. The third-order valence-corrected chi connectivity index (χ3v) is 6.34. The van der Waals surface area contributed by atoms with E-state index in [9.17, 15) is 4.79 Å². The number of nitrogens with zero attached hydrogens (tertiary/aromatic N) is 2. The van der Waals surface area contributed by atoms with E-state index in [1.54, 1.807) is 7.11 Å². The Morgan fingerprint density at radius 3 is 2.17 bits per heavy atom. The van der Waals surface area contributed by atoms with Gasteiger partial charge in [-0.2, -0.15) is 0 Å². The fraction of sp³-hybridized carbons (Fsp3) is 0.387. The second kappa shape index (κ2) is 13.0. The Morgan fingerprint density at radius 1 is 0.917 bits per heavy atom. The van der Waals surface area contributed by atoms with E-state index >= 15 is 0 Å². The molecule has 0 saturated heterocycles. The minimum Gasteiger partial charge on any atom is -0.496 e. The molecule has 0 bridgehead atoms. The molecule has 192 valence electrons. The summed E-state index contributed by atoms with van der Waals surface area (Å²) in [6, 6.07) is 24.9. The molecular weight excluding hydrogens is 448 g/mol. The molecule has 0 aliphatic heterocycles. The summed E-state index contributed by atoms with van der Waals surface area (Å²) in [6.45, 7) is 7.22. The van der Waals surface area contributed by atoms with Crippen LogP contribution in [-0.2, 0) is 11.3 Å². The van der Waals surface area contributed by atoms with Crippen molar-refractivity contribution >= 4 is 11.6 Å². The molecule has 0 saturated carbocycles. The van der Waals surface area contributed by atoms with Crippen molar-refractivity contribution in [2.75, 3.05) is 32.6 Å². The molecule has 0 aliphatic carbocycles. The zero-order chi connectivity index (χ0) is 26.1. The summed E-state index contributed by atoms with van der Waals surface area (Å²) in [5.41, 5.74) is 4.58. The number of carbonyl (C=O) groups is 1. The first-order valence-electron chi connectivity index (χ1n) is 12.8. The topological polar surface area (TPSA) is 42.0 Å². The Kier molecular flexibility index (Phi) is 9.80. The normalized spacial score (nSPS) is 11.8. The van der Waals surface area contributed by atoms with Crippen molar-refractivity contribution in [2.24, 2.45) is 0 Å². The third-order valence-electron chi connectivity index (χ3n) is 6.34. The van der Waals surface area contributed by atoms with Crippen molar-refractivity contribution in [3.05, 3.63) is 89.5 Å². The third kappa shape index (κ3) is 7.27. The van der Waals surface area contributed by atoms with Gasteiger partial charge in [-0.25, -0.2) is 0 Å². The van der Waals surface area contributed by atoms with Crippen LogP contribution in [0.4, 0.5) is 5.69 Å². The number of amides is 1. The minimum absolute atomic E-state index is 0.0810. The zero-order valence-corrected chi connectivity index (χ0v) is 22.5. The van der Waals surface area contributed by atoms with Gasteiger partial charge in [0.1, 0.15) is 11.5 Å². The Morgan fingerprint density at radius 2 is 1.58 bits per heavy atom. The molecule has 0 N–H and O–H groups in total. The SMILES string of the molecule is CCC(=O)N(CCC(c1ccc(OC(C)C)cc1)c1ccccc1OC)Cc1ccc(N(C)C)cc1. The van der Waals surface area contributed by atoms with Crippen molar-refractivity contribution in [2.45, 2.75) is 52.2 Å². The number of para-hydroxylation sites is 1. The molecule has 3 aromatic carbocycles. The van der Waals surface area contributed by atoms with Gasteiger partial charge in [0.15, 0.2) is 0 Å². The van der Waals surface area contributed by atoms with E-state index in [2.05, 4.69) is 47.4 Å². The molecule has 5 nitrogen and oxygen atoms in total. The van der Waals surface area contributed by atoms with Crippen LogP contribution in [0.3, 0.4) is 0 Å². The number of rotatable bonds is 12. The number of hydrogen-bond acceptors (Lipinski definition) is 4. The van der Waals surface area contributed by atoms with Gasteiger partial charge in [-0.05, 0) is 61.7 Å². The fourth-order valence-corrected chi connectivity index (χ4v) is 4.43. The van der Waals surface area contributed by atoms with Crippen molar-refractivity contribution in [1.82, 2.24) is 4.90 Å². The molecule has 1 atom stereocenters. The minimum atomic E-state index is 0.0810. The van der Waals surface area contributed by atoms with Crippen LogP contribution in [0.5, 0.6) is 11.5 Å². The first kappa shape index (κ1) is 27.1. The van der Waals surface area contributed by atoms with Crippen LogP contribution in [0, 0.1) is 0 Å². The molecule has 0 aromatic heterocycles. The molecule has 0 heterocycles. The maximum Gasteiger partial charge on any atom is 0.222 e. The van der Waals surface area contributed by atoms with Crippen LogP contribution in [0.15, 0.2) is 72.8 Å². The van der Waals surface area contributed by atoms with Crippen LogP contribution in [-0.4, -0.2) is 44.7 Å². The molecular formula is C31H40N2O3. The maximum absolute atomic E-state index is 12.9. The monoisotopic (exact) mass is 488 g/mol. The van der Waals surface area contributed by atoms with Crippen LogP contribution in [0.2, 0.25) is 0 Å². The molecule has 0 aliphatic rings. The summed E-state index contributed by atoms with van der Waals surface area (Å²) >= 11 is 0. The zero-order valence-electron chi connectivity index (χ0n) is 22.5. The summed E-state index contributed by atoms with van der Waals surface area (Å²) in [5, 5.41) is 0. The Balaban J connectivity index is 1.86. The number of carbonyl (C=O) groups excluding carboxylic acids is 1. The number of hydrogen-bond donors (Lipinski definition) is 0. The summed E-state index contributed by atoms with van der Waals surface area (Å²) in [4.78, 5) is 17.0. The van der Waals surface area contributed by atoms with Gasteiger partial charge in [-0.15, -0.1) is 0 Å². The highest BCUT2D eigenvalue weighted by atomic mass is 16.5. The van der Waals surface area contributed by atoms with E-state index in [1.165, 1.54) is 5.56 Å². The molecule has 1 amide bonds. The van der Waals surface area contributed by atoms with Crippen molar-refractivity contribution in [3.63, 3.8) is 0 Å². The summed E-state index contributed by atoms with van der Waals surface area (Å²) in [5.74, 6) is 1.96. The van der Waals surface area contributed by atoms with E-state index in [0.717, 1.165) is 34.7 Å². The van der Waals surface area contributed by atoms with Gasteiger partial charge in [0.05, 0.1) is 13.2 Å². The largest absolute Gasteiger partial charge is 0.496 e. The molecule has 3 rings (SSSR count). The van der Waals surface area contributed by atoms with Crippen molar-refractivity contribution < 1.29 is 14.3 Å². The highest BCUT2D eigenvalue weighted by Gasteiger charge is 2.21. The fourth-order valence-electron chi connectivity index (χ4n) is 4.43. The van der Waals surface area contributed by atoms with Gasteiger partial charge in [0.2, 0.25) is 5.91 Å². The second-order valence-corrected chi connectivity index (χ2v) is 9.55. The highest BCUT2D eigenvalue weighted by molar-refractivity contribution is 5.75. The van der Waals surface area contributed by atoms with Crippen LogP contribution < -0.4 is 14.4 Å². The Hall–Kier alpha value is -3.47. The number of benzene rings is 3. The predicted molar refractivity (Wildman–Crippen MR) is 148 cm³/mol. The lowest BCUT2D eigenvalue weighted by Gasteiger charge is -2.27. The lowest BCUT2D eigenvalue weighted by atomic mass is 9.87. The van der Waals surface area contributed by atoms with Gasteiger partial charge in [0.25, 0.3) is 0 Å². The highest BCUT2D eigenvalue weighted by Crippen LogP contribution is 2.35. The van der Waals surface area contributed by atoms with E-state index in [-0.39, 0.29) is 17.9 Å². The van der Waals surface area contributed by atoms with Crippen molar-refractivity contribution in [3.8, 4) is 11.5 Å². The summed E-state index contributed by atoms with van der Waals surface area (Å²) in [6.07, 6.45) is 1.39. The molecule has 5 heteroatoms. The molecule has 0 fully saturated rings. The van der Waals surface area contributed by atoms with E-state index in [1.807, 2.05) is 70.1 Å². The molecule has 0 radical (unpaired) electrons. The molecule has 3 aromatic rings. The van der Waals surface area contributed by atoms with E-state index < -0.39 is 0 Å². The van der Waals surface area contributed by atoms with Gasteiger partial charge in [-0.1, -0.05) is 49.4 Å². The smallest absolute Gasteiger partial charge is 0.222 e. The second-order valence-electron chi connectivity index (χ2n) is 9.55. The first-order valence-corrected chi connectivity index (χ1v) is 12.8. The van der Waals surface area contributed by atoms with Gasteiger partial charge in [0, 0.05) is 50.8 Å². The Labute approximate surface area is 216 Å². The standard InChI is InChI=1S/C31H40N2O3/c1-7-31(34)33(22-24-12-16-26(17-13-24)32(4)5)21-20-28(29-10-8-9-11-30(29)35-6)25-14-18-27(19-15-25)36-23(2)3/h8-19,23,28H,7,20-22H2,1-6H3. The van der Waals surface area contributed by atoms with Crippen molar-refractivity contribution in [1.29, 1.82) is 0 Å². The van der Waals surface area contributed by atoms with Crippen LogP contribution >= 0.6 is 0 Å². The lowest BCUT2D eigenvalue weighted by molar-refractivity contribution is -0.131. The van der Waals surface area contributed by atoms with Gasteiger partial charge < -0.3 is 19.3 Å². The summed E-state index contributed by atoms with van der Waals surface area (Å²) < 4.78 is 11.6. The van der Waals surface area contributed by atoms with Crippen LogP contribution in [0.25, 0.3) is 0 Å². The Bertz CT molecular complexity index is 1090. The lowest BCUT2D eigenvalue weighted by Crippen LogP contribution is -2.31. The number of anilines is 1. The maximum atomic E-state index is 12.9.